The van der Waals surface area contributed by atoms with Gasteiger partial charge in [-0.2, -0.15) is 0 Å². The van der Waals surface area contributed by atoms with Crippen molar-refractivity contribution < 1.29 is 62.4 Å². The molecule has 7 N–H and O–H groups in total. The van der Waals surface area contributed by atoms with Gasteiger partial charge in [0.2, 0.25) is 23.6 Å². The van der Waals surface area contributed by atoms with E-state index in [4.69, 9.17) is 40.3 Å². The van der Waals surface area contributed by atoms with E-state index in [2.05, 4.69) is 30.6 Å². The van der Waals surface area contributed by atoms with Crippen molar-refractivity contribution in [2.24, 2.45) is 11.5 Å². The maximum absolute atomic E-state index is 13.3. The summed E-state index contributed by atoms with van der Waals surface area (Å²) in [4.78, 5) is 108. The number of morpholine rings is 3. The Bertz CT molecular complexity index is 2560. The van der Waals surface area contributed by atoms with Crippen LogP contribution in [-0.4, -0.2) is 189 Å². The number of ether oxygens (including phenoxy) is 5. The molecule has 428 valence electrons. The predicted octanol–water partition coefficient (Wildman–Crippen LogP) is 2.72. The second-order valence-corrected chi connectivity index (χ2v) is 20.3. The standard InChI is InChI=1S/C20H28N4O5.C16H23N3O4.C11H15N3O2.C7H8N2O2/c1-20(2,3)29-19(27)22-15-6-8-24(17(15)25)16(14-5-4-7-21-13-14)18(26)23-9-11-28-12-10-23;1-16(2,3)23-15(21)18-13(12-5-4-6-17-11-12)14(20)19-7-9-22-10-8-19;12-10(9-2-1-3-13-8-9)11(15)14-4-6-16-7-5-14;8-6(7(10)11)5-2-1-3-9-4-5/h4-5,7,13,15-16H,6,8-12H2,1-3H3,(H,22,27);4-6,11,13H,7-10H2,1-3H3,(H,18,21);1-3,8,10H,4-7,12H2;1-4,6H,8H2,(H,10,11)/t15-,16?;;;/m0.../s1. The van der Waals surface area contributed by atoms with Crippen molar-refractivity contribution in [2.75, 3.05) is 85.5 Å². The Morgan fingerprint density at radius 2 is 0.962 bits per heavy atom. The third-order valence-electron chi connectivity index (χ3n) is 12.0. The van der Waals surface area contributed by atoms with E-state index in [-0.39, 0.29) is 23.6 Å². The molecule has 4 aromatic rings. The molecule has 0 spiro atoms. The molecular weight excluding hydrogens is 1020 g/mol. The van der Waals surface area contributed by atoms with Crippen LogP contribution in [0, 0.1) is 0 Å². The minimum Gasteiger partial charge on any atom is -0.480 e. The van der Waals surface area contributed by atoms with E-state index in [1.165, 1.54) is 11.1 Å². The number of aromatic nitrogens is 4. The number of amides is 6. The molecule has 5 atom stereocenters. The highest BCUT2D eigenvalue weighted by Gasteiger charge is 2.42. The van der Waals surface area contributed by atoms with Crippen LogP contribution in [-0.2, 0) is 47.7 Å². The summed E-state index contributed by atoms with van der Waals surface area (Å²) in [5, 5.41) is 13.8. The van der Waals surface area contributed by atoms with Crippen LogP contribution >= 0.6 is 0 Å². The van der Waals surface area contributed by atoms with Crippen molar-refractivity contribution in [3.8, 4) is 0 Å². The van der Waals surface area contributed by atoms with Crippen molar-refractivity contribution in [3.63, 3.8) is 0 Å². The van der Waals surface area contributed by atoms with Gasteiger partial charge in [0, 0.05) is 107 Å². The van der Waals surface area contributed by atoms with Gasteiger partial charge in [0.1, 0.15) is 41.4 Å². The lowest BCUT2D eigenvalue weighted by Crippen LogP contribution is -2.50. The number of pyridine rings is 4. The molecule has 0 aliphatic carbocycles. The number of carbonyl (C=O) groups excluding carboxylic acids is 6. The molecule has 4 aliphatic rings. The number of carbonyl (C=O) groups is 7. The van der Waals surface area contributed by atoms with Crippen molar-refractivity contribution in [1.29, 1.82) is 0 Å². The molecule has 25 nitrogen and oxygen atoms in total. The van der Waals surface area contributed by atoms with E-state index in [1.807, 2.05) is 6.07 Å². The Balaban J connectivity index is 0.000000205. The monoisotopic (exact) mass is 1100 g/mol. The summed E-state index contributed by atoms with van der Waals surface area (Å²) in [6.07, 6.45) is 11.8. The quantitative estimate of drug-likeness (QED) is 0.144. The molecule has 25 heteroatoms. The Hall–Kier alpha value is -7.71. The van der Waals surface area contributed by atoms with Gasteiger partial charge in [-0.1, -0.05) is 24.3 Å². The molecule has 4 aromatic heterocycles. The van der Waals surface area contributed by atoms with Gasteiger partial charge < -0.3 is 70.5 Å². The lowest BCUT2D eigenvalue weighted by atomic mass is 10.1. The number of nitrogens with two attached hydrogens (primary N) is 2. The molecule has 0 radical (unpaired) electrons. The van der Waals surface area contributed by atoms with Crippen molar-refractivity contribution in [2.45, 2.75) is 89.4 Å². The predicted molar refractivity (Wildman–Crippen MR) is 285 cm³/mol. The van der Waals surface area contributed by atoms with Gasteiger partial charge in [0.05, 0.1) is 39.6 Å². The number of carboxylic acid groups (broad SMARTS) is 1. The van der Waals surface area contributed by atoms with Gasteiger partial charge in [-0.3, -0.25) is 43.9 Å². The first kappa shape index (κ1) is 62.1. The smallest absolute Gasteiger partial charge is 0.408 e. The van der Waals surface area contributed by atoms with Crippen molar-refractivity contribution >= 4 is 41.8 Å². The molecular formula is C54H74N12O13. The summed E-state index contributed by atoms with van der Waals surface area (Å²) in [7, 11) is 0. The molecule has 8 heterocycles. The SMILES string of the molecule is CC(C)(C)OC(=O)NC(C(=O)N1CCOCC1)c1cccnc1.CC(C)(C)OC(=O)N[C@H]1CCN(C(C(=O)N2CCOCC2)c2cccnc2)C1=O.NC(C(=O)N1CCOCC1)c1cccnc1.NC(C(=O)O)c1cccnc1. The van der Waals surface area contributed by atoms with Gasteiger partial charge in [0.15, 0.2) is 0 Å². The average Bonchev–Trinajstić information content (AvgIpc) is 3.83. The Morgan fingerprint density at radius 3 is 1.38 bits per heavy atom. The Morgan fingerprint density at radius 1 is 0.570 bits per heavy atom. The van der Waals surface area contributed by atoms with Crippen molar-refractivity contribution in [3.05, 3.63) is 120 Å². The van der Waals surface area contributed by atoms with Crippen LogP contribution in [0.2, 0.25) is 0 Å². The lowest BCUT2D eigenvalue weighted by molar-refractivity contribution is -0.147. The number of nitrogens with one attached hydrogen (secondary N) is 2. The van der Waals surface area contributed by atoms with E-state index in [9.17, 15) is 33.6 Å². The minimum absolute atomic E-state index is 0.0590. The zero-order chi connectivity index (χ0) is 57.5. The summed E-state index contributed by atoms with van der Waals surface area (Å²) in [5.41, 5.74) is 12.4. The van der Waals surface area contributed by atoms with Crippen LogP contribution in [0.3, 0.4) is 0 Å². The molecule has 4 aliphatic heterocycles. The second-order valence-electron chi connectivity index (χ2n) is 20.3. The average molecular weight is 1100 g/mol. The number of hydrogen-bond acceptors (Lipinski definition) is 18. The first-order valence-corrected chi connectivity index (χ1v) is 25.9. The molecule has 0 saturated carbocycles. The highest BCUT2D eigenvalue weighted by molar-refractivity contribution is 5.93. The normalized spacial score (nSPS) is 18.0. The molecule has 4 saturated heterocycles. The highest BCUT2D eigenvalue weighted by Crippen LogP contribution is 2.29. The third kappa shape index (κ3) is 20.2. The van der Waals surface area contributed by atoms with E-state index < -0.39 is 59.6 Å². The topological polar surface area (TPSA) is 326 Å². The molecule has 6 amide bonds. The van der Waals surface area contributed by atoms with E-state index in [1.54, 1.807) is 142 Å². The maximum atomic E-state index is 13.3. The van der Waals surface area contributed by atoms with Crippen molar-refractivity contribution in [1.82, 2.24) is 50.2 Å². The number of nitrogens with zero attached hydrogens (tertiary/aromatic N) is 8. The van der Waals surface area contributed by atoms with E-state index in [0.717, 1.165) is 5.56 Å². The van der Waals surface area contributed by atoms with Gasteiger partial charge in [-0.15, -0.1) is 0 Å². The Kier molecular flexibility index (Phi) is 23.9. The fraction of sp³-hybridized carbons (Fsp3) is 0.500. The van der Waals surface area contributed by atoms with Gasteiger partial charge in [-0.25, -0.2) is 9.59 Å². The number of likely N-dealkylation sites (tertiary alicyclic amines) is 1. The Labute approximate surface area is 459 Å². The maximum Gasteiger partial charge on any atom is 0.408 e. The summed E-state index contributed by atoms with van der Waals surface area (Å²) in [6.45, 7) is 17.3. The number of alkyl carbamates (subject to hydrolysis) is 2. The van der Waals surface area contributed by atoms with E-state index in [0.29, 0.717) is 109 Å². The van der Waals surface area contributed by atoms with Crippen LogP contribution < -0.4 is 22.1 Å². The summed E-state index contributed by atoms with van der Waals surface area (Å²) in [6, 6.07) is 9.98. The zero-order valence-corrected chi connectivity index (χ0v) is 45.6. The van der Waals surface area contributed by atoms with Crippen LogP contribution in [0.15, 0.2) is 98.1 Å². The lowest BCUT2D eigenvalue weighted by Gasteiger charge is -2.34. The highest BCUT2D eigenvalue weighted by atomic mass is 16.6. The van der Waals surface area contributed by atoms with Gasteiger partial charge >= 0.3 is 18.2 Å². The molecule has 4 fully saturated rings. The molecule has 0 aromatic carbocycles. The summed E-state index contributed by atoms with van der Waals surface area (Å²) in [5.74, 6) is -1.75. The van der Waals surface area contributed by atoms with Gasteiger partial charge in [0.25, 0.3) is 0 Å². The fourth-order valence-corrected chi connectivity index (χ4v) is 8.10. The third-order valence-corrected chi connectivity index (χ3v) is 12.0. The van der Waals surface area contributed by atoms with Crippen LogP contribution in [0.25, 0.3) is 0 Å². The largest absolute Gasteiger partial charge is 0.480 e. The van der Waals surface area contributed by atoms with Crippen LogP contribution in [0.5, 0.6) is 0 Å². The summed E-state index contributed by atoms with van der Waals surface area (Å²) >= 11 is 0. The molecule has 0 bridgehead atoms. The first-order chi connectivity index (χ1) is 37.6. The van der Waals surface area contributed by atoms with Crippen LogP contribution in [0.4, 0.5) is 9.59 Å². The minimum atomic E-state index is -1.04. The number of carboxylic acids is 1. The van der Waals surface area contributed by atoms with Gasteiger partial charge in [-0.05, 0) is 83.4 Å². The number of aliphatic carboxylic acids is 1. The first-order valence-electron chi connectivity index (χ1n) is 25.9. The fourth-order valence-electron chi connectivity index (χ4n) is 8.10. The second kappa shape index (κ2) is 30.4. The number of hydrogen-bond donors (Lipinski definition) is 5. The number of rotatable bonds is 11. The summed E-state index contributed by atoms with van der Waals surface area (Å²) < 4.78 is 26.3. The van der Waals surface area contributed by atoms with Crippen LogP contribution in [0.1, 0.15) is 94.4 Å². The molecule has 4 unspecified atom stereocenters. The zero-order valence-electron chi connectivity index (χ0n) is 45.6. The molecule has 8 rings (SSSR count). The van der Waals surface area contributed by atoms with E-state index >= 15 is 0 Å². The molecule has 79 heavy (non-hydrogen) atoms.